The van der Waals surface area contributed by atoms with E-state index in [-0.39, 0.29) is 16.2 Å². The van der Waals surface area contributed by atoms with Crippen LogP contribution in [0.2, 0.25) is 0 Å². The lowest BCUT2D eigenvalue weighted by Gasteiger charge is -2.15. The highest BCUT2D eigenvalue weighted by atomic mass is 32.2. The van der Waals surface area contributed by atoms with Crippen molar-refractivity contribution in [1.82, 2.24) is 0 Å². The van der Waals surface area contributed by atoms with Crippen molar-refractivity contribution >= 4 is 21.6 Å². The van der Waals surface area contributed by atoms with Crippen LogP contribution >= 0.6 is 0 Å². The van der Waals surface area contributed by atoms with E-state index in [1.54, 1.807) is 19.1 Å². The molecular formula is C19H20O5S. The molecule has 25 heavy (non-hydrogen) atoms. The first-order valence-corrected chi connectivity index (χ1v) is 9.62. The first-order valence-electron chi connectivity index (χ1n) is 7.73. The van der Waals surface area contributed by atoms with Gasteiger partial charge >= 0.3 is 5.97 Å². The standard InChI is InChI=1S/C19H20O5S/c1-12-9-10-13(2)16(11-12)18(20)14(3)24-19(21)15-7-5-6-8-17(15)25(4,22)23/h5-11,14H,1-4H3/t14-/m1/s1. The second-order valence-corrected chi connectivity index (χ2v) is 7.98. The van der Waals surface area contributed by atoms with Crippen molar-refractivity contribution in [2.75, 3.05) is 6.26 Å². The van der Waals surface area contributed by atoms with Crippen molar-refractivity contribution in [1.29, 1.82) is 0 Å². The third kappa shape index (κ3) is 4.33. The molecule has 0 bridgehead atoms. The number of carbonyl (C=O) groups excluding carboxylic acids is 2. The highest BCUT2D eigenvalue weighted by Gasteiger charge is 2.25. The summed E-state index contributed by atoms with van der Waals surface area (Å²) in [4.78, 5) is 24.8. The van der Waals surface area contributed by atoms with Gasteiger partial charge in [0.25, 0.3) is 0 Å². The van der Waals surface area contributed by atoms with Crippen molar-refractivity contribution in [2.24, 2.45) is 0 Å². The molecule has 2 aromatic carbocycles. The minimum atomic E-state index is -3.58. The molecule has 0 aliphatic carbocycles. The van der Waals surface area contributed by atoms with Gasteiger partial charge in [-0.05, 0) is 44.5 Å². The molecule has 0 aliphatic rings. The lowest BCUT2D eigenvalue weighted by Crippen LogP contribution is -2.26. The van der Waals surface area contributed by atoms with Crippen molar-refractivity contribution < 1.29 is 22.7 Å². The fourth-order valence-electron chi connectivity index (χ4n) is 2.46. The van der Waals surface area contributed by atoms with Crippen molar-refractivity contribution in [3.63, 3.8) is 0 Å². The second-order valence-electron chi connectivity index (χ2n) is 6.00. The second kappa shape index (κ2) is 7.19. The van der Waals surface area contributed by atoms with Gasteiger partial charge < -0.3 is 4.74 Å². The predicted octanol–water partition coefficient (Wildman–Crippen LogP) is 3.14. The van der Waals surface area contributed by atoms with E-state index in [2.05, 4.69) is 0 Å². The number of hydrogen-bond acceptors (Lipinski definition) is 5. The van der Waals surface area contributed by atoms with E-state index in [4.69, 9.17) is 4.74 Å². The van der Waals surface area contributed by atoms with Crippen LogP contribution in [0.4, 0.5) is 0 Å². The molecule has 0 radical (unpaired) electrons. The van der Waals surface area contributed by atoms with Crippen LogP contribution in [0, 0.1) is 13.8 Å². The summed E-state index contributed by atoms with van der Waals surface area (Å²) in [6, 6.07) is 11.2. The fraction of sp³-hybridized carbons (Fsp3) is 0.263. The van der Waals surface area contributed by atoms with Crippen LogP contribution in [-0.2, 0) is 14.6 Å². The number of ether oxygens (including phenoxy) is 1. The topological polar surface area (TPSA) is 77.5 Å². The smallest absolute Gasteiger partial charge is 0.340 e. The highest BCUT2D eigenvalue weighted by molar-refractivity contribution is 7.90. The molecule has 0 saturated carbocycles. The summed E-state index contributed by atoms with van der Waals surface area (Å²) >= 11 is 0. The minimum absolute atomic E-state index is 0.0781. The summed E-state index contributed by atoms with van der Waals surface area (Å²) in [6.45, 7) is 5.15. The molecular weight excluding hydrogens is 340 g/mol. The van der Waals surface area contributed by atoms with Crippen LogP contribution in [0.3, 0.4) is 0 Å². The molecule has 2 aromatic rings. The van der Waals surface area contributed by atoms with Crippen LogP contribution in [0.1, 0.15) is 38.8 Å². The van der Waals surface area contributed by atoms with E-state index in [1.807, 2.05) is 19.1 Å². The van der Waals surface area contributed by atoms with E-state index in [0.29, 0.717) is 5.56 Å². The molecule has 0 N–H and O–H groups in total. The maximum Gasteiger partial charge on any atom is 0.340 e. The lowest BCUT2D eigenvalue weighted by molar-refractivity contribution is 0.0315. The number of hydrogen-bond donors (Lipinski definition) is 0. The van der Waals surface area contributed by atoms with Gasteiger partial charge in [-0.2, -0.15) is 0 Å². The Labute approximate surface area is 147 Å². The van der Waals surface area contributed by atoms with Crippen LogP contribution in [0.25, 0.3) is 0 Å². The Kier molecular flexibility index (Phi) is 5.42. The highest BCUT2D eigenvalue weighted by Crippen LogP contribution is 2.19. The summed E-state index contributed by atoms with van der Waals surface area (Å²) in [7, 11) is -3.58. The third-order valence-electron chi connectivity index (χ3n) is 3.82. The first-order chi connectivity index (χ1) is 11.6. The zero-order valence-electron chi connectivity index (χ0n) is 14.6. The number of esters is 1. The molecule has 0 aliphatic heterocycles. The van der Waals surface area contributed by atoms with Crippen LogP contribution in [0.5, 0.6) is 0 Å². The molecule has 0 saturated heterocycles. The van der Waals surface area contributed by atoms with Crippen molar-refractivity contribution in [3.05, 3.63) is 64.7 Å². The number of benzene rings is 2. The molecule has 5 nitrogen and oxygen atoms in total. The van der Waals surface area contributed by atoms with Gasteiger partial charge in [-0.15, -0.1) is 0 Å². The summed E-state index contributed by atoms with van der Waals surface area (Å²) in [6.07, 6.45) is -0.00955. The number of sulfone groups is 1. The molecule has 1 atom stereocenters. The maximum atomic E-state index is 12.6. The van der Waals surface area contributed by atoms with Gasteiger partial charge in [0.1, 0.15) is 0 Å². The summed E-state index contributed by atoms with van der Waals surface area (Å²) in [5.74, 6) is -1.17. The van der Waals surface area contributed by atoms with E-state index in [0.717, 1.165) is 17.4 Å². The zero-order valence-corrected chi connectivity index (χ0v) is 15.4. The molecule has 132 valence electrons. The Morgan fingerprint density at radius 2 is 1.64 bits per heavy atom. The van der Waals surface area contributed by atoms with Gasteiger partial charge in [0.05, 0.1) is 10.5 Å². The van der Waals surface area contributed by atoms with Crippen molar-refractivity contribution in [2.45, 2.75) is 31.8 Å². The zero-order chi connectivity index (χ0) is 18.8. The number of rotatable bonds is 5. The quantitative estimate of drug-likeness (QED) is 0.605. The Morgan fingerprint density at radius 3 is 2.28 bits per heavy atom. The molecule has 0 fully saturated rings. The van der Waals surface area contributed by atoms with E-state index in [1.165, 1.54) is 25.1 Å². The van der Waals surface area contributed by atoms with E-state index < -0.39 is 21.9 Å². The third-order valence-corrected chi connectivity index (χ3v) is 4.97. The molecule has 0 aromatic heterocycles. The Hall–Kier alpha value is -2.47. The molecule has 0 spiro atoms. The summed E-state index contributed by atoms with van der Waals surface area (Å²) < 4.78 is 28.8. The van der Waals surface area contributed by atoms with Gasteiger partial charge in [0, 0.05) is 11.8 Å². The lowest BCUT2D eigenvalue weighted by atomic mass is 9.99. The molecule has 0 unspecified atom stereocenters. The first kappa shape index (κ1) is 18.9. The number of Topliss-reactive ketones (excluding diaryl/α,β-unsaturated/α-hetero) is 1. The molecule has 0 amide bonds. The monoisotopic (exact) mass is 360 g/mol. The molecule has 2 rings (SSSR count). The van der Waals surface area contributed by atoms with Gasteiger partial charge in [0.15, 0.2) is 15.9 Å². The predicted molar refractivity (Wildman–Crippen MR) is 94.7 cm³/mol. The van der Waals surface area contributed by atoms with Crippen LogP contribution in [0.15, 0.2) is 47.4 Å². The molecule has 6 heteroatoms. The summed E-state index contributed by atoms with van der Waals surface area (Å²) in [5, 5.41) is 0. The Morgan fingerprint density at radius 1 is 1.00 bits per heavy atom. The van der Waals surface area contributed by atoms with Gasteiger partial charge in [-0.1, -0.05) is 29.8 Å². The normalized spacial score (nSPS) is 12.5. The number of aryl methyl sites for hydroxylation is 2. The summed E-state index contributed by atoms with van der Waals surface area (Å²) in [5.41, 5.74) is 2.12. The number of carbonyl (C=O) groups is 2. The average Bonchev–Trinajstić information content (AvgIpc) is 2.55. The Balaban J connectivity index is 2.27. The fourth-order valence-corrected chi connectivity index (χ4v) is 3.33. The average molecular weight is 360 g/mol. The maximum absolute atomic E-state index is 12.6. The minimum Gasteiger partial charge on any atom is -0.451 e. The molecule has 0 heterocycles. The van der Waals surface area contributed by atoms with Gasteiger partial charge in [-0.25, -0.2) is 13.2 Å². The van der Waals surface area contributed by atoms with Gasteiger partial charge in [-0.3, -0.25) is 4.79 Å². The van der Waals surface area contributed by atoms with E-state index in [9.17, 15) is 18.0 Å². The number of ketones is 1. The van der Waals surface area contributed by atoms with Crippen LogP contribution in [-0.4, -0.2) is 32.5 Å². The van der Waals surface area contributed by atoms with E-state index >= 15 is 0 Å². The van der Waals surface area contributed by atoms with Crippen LogP contribution < -0.4 is 0 Å². The Bertz CT molecular complexity index is 929. The van der Waals surface area contributed by atoms with Gasteiger partial charge in [0.2, 0.25) is 5.78 Å². The van der Waals surface area contributed by atoms with Crippen molar-refractivity contribution in [3.8, 4) is 0 Å². The SMILES string of the molecule is Cc1ccc(C)c(C(=O)[C@@H](C)OC(=O)c2ccccc2S(C)(=O)=O)c1. The largest absolute Gasteiger partial charge is 0.451 e.